The first-order valence-electron chi connectivity index (χ1n) is 11.6. The molecular formula is C25H27ClN4O5. The summed E-state index contributed by atoms with van der Waals surface area (Å²) in [7, 11) is 1.56. The van der Waals surface area contributed by atoms with Crippen LogP contribution in [0.1, 0.15) is 43.5 Å². The van der Waals surface area contributed by atoms with Crippen LogP contribution >= 0.6 is 11.6 Å². The molecule has 1 aliphatic rings. The van der Waals surface area contributed by atoms with E-state index in [0.29, 0.717) is 43.1 Å². The molecule has 4 rings (SSSR count). The SMILES string of the molecule is Cn1c(=O)n(CCCO)c(=O)c2c1nc(C#CCOC1CCC(=O)CC1)n2Cc1ccc(Cl)cc1. The largest absolute Gasteiger partial charge is 0.396 e. The van der Waals surface area contributed by atoms with Gasteiger partial charge < -0.3 is 14.4 Å². The number of ether oxygens (including phenoxy) is 1. The van der Waals surface area contributed by atoms with Crippen LogP contribution in [0.3, 0.4) is 0 Å². The third-order valence-corrected chi connectivity index (χ3v) is 6.36. The summed E-state index contributed by atoms with van der Waals surface area (Å²) in [6, 6.07) is 7.23. The number of imidazole rings is 1. The minimum absolute atomic E-state index is 0.00873. The summed E-state index contributed by atoms with van der Waals surface area (Å²) >= 11 is 6.02. The number of hydrogen-bond donors (Lipinski definition) is 1. The number of halogens is 1. The fourth-order valence-corrected chi connectivity index (χ4v) is 4.30. The average molecular weight is 499 g/mol. The number of ketones is 1. The molecule has 1 N–H and O–H groups in total. The second-order valence-corrected chi connectivity index (χ2v) is 8.98. The van der Waals surface area contributed by atoms with Crippen molar-refractivity contribution in [2.45, 2.75) is 51.3 Å². The Kier molecular flexibility index (Phi) is 7.86. The van der Waals surface area contributed by atoms with Gasteiger partial charge in [-0.1, -0.05) is 29.7 Å². The van der Waals surface area contributed by atoms with Gasteiger partial charge in [-0.2, -0.15) is 0 Å². The first-order chi connectivity index (χ1) is 16.9. The van der Waals surface area contributed by atoms with Gasteiger partial charge >= 0.3 is 5.69 Å². The maximum absolute atomic E-state index is 13.3. The van der Waals surface area contributed by atoms with Crippen molar-refractivity contribution in [1.82, 2.24) is 18.7 Å². The molecule has 0 aliphatic heterocycles. The Labute approximate surface area is 206 Å². The van der Waals surface area contributed by atoms with Gasteiger partial charge in [0.2, 0.25) is 0 Å². The Morgan fingerprint density at radius 1 is 1.14 bits per heavy atom. The van der Waals surface area contributed by atoms with E-state index in [0.717, 1.165) is 10.1 Å². The number of benzene rings is 1. The van der Waals surface area contributed by atoms with Gasteiger partial charge in [0.05, 0.1) is 12.6 Å². The summed E-state index contributed by atoms with van der Waals surface area (Å²) in [4.78, 5) is 42.1. The van der Waals surface area contributed by atoms with Gasteiger partial charge in [0.25, 0.3) is 5.56 Å². The van der Waals surface area contributed by atoms with Crippen LogP contribution in [0.2, 0.25) is 5.02 Å². The number of hydrogen-bond acceptors (Lipinski definition) is 6. The maximum Gasteiger partial charge on any atom is 0.332 e. The van der Waals surface area contributed by atoms with Crippen molar-refractivity contribution in [1.29, 1.82) is 0 Å². The van der Waals surface area contributed by atoms with Crippen molar-refractivity contribution in [2.24, 2.45) is 7.05 Å². The smallest absolute Gasteiger partial charge is 0.332 e. The van der Waals surface area contributed by atoms with Crippen molar-refractivity contribution < 1.29 is 14.6 Å². The van der Waals surface area contributed by atoms with Crippen LogP contribution in [0.4, 0.5) is 0 Å². The fourth-order valence-electron chi connectivity index (χ4n) is 4.17. The summed E-state index contributed by atoms with van der Waals surface area (Å²) in [5.41, 5.74) is 0.409. The average Bonchev–Trinajstić information content (AvgIpc) is 3.21. The lowest BCUT2D eigenvalue weighted by Crippen LogP contribution is -2.40. The number of nitrogens with zero attached hydrogens (tertiary/aromatic N) is 4. The third-order valence-electron chi connectivity index (χ3n) is 6.11. The van der Waals surface area contributed by atoms with Crippen LogP contribution in [-0.4, -0.2) is 48.9 Å². The van der Waals surface area contributed by atoms with E-state index < -0.39 is 11.2 Å². The lowest BCUT2D eigenvalue weighted by Gasteiger charge is -2.19. The van der Waals surface area contributed by atoms with E-state index in [1.807, 2.05) is 12.1 Å². The van der Waals surface area contributed by atoms with Gasteiger partial charge in [-0.15, -0.1) is 0 Å². The molecule has 1 saturated carbocycles. The molecule has 3 aromatic rings. The molecule has 0 bridgehead atoms. The molecule has 0 unspecified atom stereocenters. The van der Waals surface area contributed by atoms with E-state index in [9.17, 15) is 19.5 Å². The Bertz CT molecular complexity index is 1400. The number of aliphatic hydroxyl groups is 1. The standard InChI is InChI=1S/C25H27ClN4O5/c1-28-23-22(24(33)29(25(28)34)13-3-14-31)30(16-17-5-7-18(26)8-6-17)21(27-23)4-2-15-35-20-11-9-19(32)10-12-20/h5-8,20,31H,3,9-16H2,1H3. The summed E-state index contributed by atoms with van der Waals surface area (Å²) in [6.45, 7) is 0.436. The van der Waals surface area contributed by atoms with Crippen molar-refractivity contribution in [2.75, 3.05) is 13.2 Å². The Morgan fingerprint density at radius 2 is 1.86 bits per heavy atom. The van der Waals surface area contributed by atoms with Crippen molar-refractivity contribution in [3.05, 3.63) is 61.5 Å². The van der Waals surface area contributed by atoms with E-state index in [2.05, 4.69) is 16.8 Å². The zero-order valence-electron chi connectivity index (χ0n) is 19.5. The highest BCUT2D eigenvalue weighted by Gasteiger charge is 2.20. The Balaban J connectivity index is 1.72. The normalized spacial score (nSPS) is 14.3. The van der Waals surface area contributed by atoms with Crippen LogP contribution in [-0.2, 0) is 29.7 Å². The van der Waals surface area contributed by atoms with Crippen LogP contribution in [0.15, 0.2) is 33.9 Å². The van der Waals surface area contributed by atoms with E-state index in [1.165, 1.54) is 4.57 Å². The number of rotatable bonds is 7. The second kappa shape index (κ2) is 11.0. The summed E-state index contributed by atoms with van der Waals surface area (Å²) in [5, 5.41) is 9.79. The summed E-state index contributed by atoms with van der Waals surface area (Å²) in [5.74, 6) is 6.57. The monoisotopic (exact) mass is 498 g/mol. The highest BCUT2D eigenvalue weighted by molar-refractivity contribution is 6.30. The van der Waals surface area contributed by atoms with Gasteiger partial charge in [0.1, 0.15) is 12.4 Å². The minimum Gasteiger partial charge on any atom is -0.396 e. The highest BCUT2D eigenvalue weighted by Crippen LogP contribution is 2.18. The van der Waals surface area contributed by atoms with Crippen LogP contribution < -0.4 is 11.2 Å². The number of carbonyl (C=O) groups is 1. The molecule has 2 aromatic heterocycles. The first kappa shape index (κ1) is 24.9. The fraction of sp³-hybridized carbons (Fsp3) is 0.440. The Morgan fingerprint density at radius 3 is 2.54 bits per heavy atom. The number of fused-ring (bicyclic) bond motifs is 1. The van der Waals surface area contributed by atoms with Gasteiger partial charge in [0.15, 0.2) is 17.0 Å². The van der Waals surface area contributed by atoms with Crippen LogP contribution in [0.25, 0.3) is 11.2 Å². The zero-order chi connectivity index (χ0) is 24.9. The minimum atomic E-state index is -0.498. The summed E-state index contributed by atoms with van der Waals surface area (Å²) < 4.78 is 9.94. The molecule has 2 heterocycles. The molecule has 1 fully saturated rings. The lowest BCUT2D eigenvalue weighted by molar-refractivity contribution is -0.122. The number of Topliss-reactive ketones (excluding diaryl/α,β-unsaturated/α-hetero) is 1. The van der Waals surface area contributed by atoms with Gasteiger partial charge in [-0.05, 0) is 42.9 Å². The maximum atomic E-state index is 13.3. The van der Waals surface area contributed by atoms with Gasteiger partial charge in [-0.3, -0.25) is 18.7 Å². The van der Waals surface area contributed by atoms with Crippen molar-refractivity contribution in [3.63, 3.8) is 0 Å². The molecule has 1 aromatic carbocycles. The van der Waals surface area contributed by atoms with E-state index >= 15 is 0 Å². The number of aliphatic hydroxyl groups excluding tert-OH is 1. The van der Waals surface area contributed by atoms with E-state index in [1.54, 1.807) is 23.7 Å². The highest BCUT2D eigenvalue weighted by atomic mass is 35.5. The molecule has 10 heteroatoms. The first-order valence-corrected chi connectivity index (χ1v) is 11.9. The second-order valence-electron chi connectivity index (χ2n) is 8.55. The molecule has 0 radical (unpaired) electrons. The predicted octanol–water partition coefficient (Wildman–Crippen LogP) is 1.86. The third kappa shape index (κ3) is 5.56. The number of aryl methyl sites for hydroxylation is 1. The van der Waals surface area contributed by atoms with E-state index in [4.69, 9.17) is 16.3 Å². The predicted molar refractivity (Wildman–Crippen MR) is 132 cm³/mol. The number of aromatic nitrogens is 4. The van der Waals surface area contributed by atoms with E-state index in [-0.39, 0.29) is 49.2 Å². The lowest BCUT2D eigenvalue weighted by atomic mass is 9.97. The van der Waals surface area contributed by atoms with Crippen molar-refractivity contribution in [3.8, 4) is 11.8 Å². The van der Waals surface area contributed by atoms with Gasteiger partial charge in [-0.25, -0.2) is 9.78 Å². The topological polar surface area (TPSA) is 108 Å². The van der Waals surface area contributed by atoms with Crippen molar-refractivity contribution >= 4 is 28.5 Å². The van der Waals surface area contributed by atoms with Crippen LogP contribution in [0, 0.1) is 11.8 Å². The molecule has 184 valence electrons. The Hall–Kier alpha value is -3.19. The molecular weight excluding hydrogens is 472 g/mol. The molecule has 1 aliphatic carbocycles. The molecule has 0 amide bonds. The molecule has 0 atom stereocenters. The molecule has 0 spiro atoms. The number of carbonyl (C=O) groups excluding carboxylic acids is 1. The quantitative estimate of drug-likeness (QED) is 0.498. The molecule has 0 saturated heterocycles. The summed E-state index contributed by atoms with van der Waals surface area (Å²) in [6.07, 6.45) is 2.75. The van der Waals surface area contributed by atoms with Gasteiger partial charge in [0, 0.05) is 38.1 Å². The molecule has 9 nitrogen and oxygen atoms in total. The van der Waals surface area contributed by atoms with Crippen LogP contribution in [0.5, 0.6) is 0 Å². The zero-order valence-corrected chi connectivity index (χ0v) is 20.3. The molecule has 35 heavy (non-hydrogen) atoms.